The number of nitrogens with zero attached hydrogens (tertiary/aromatic N) is 2. The second kappa shape index (κ2) is 17.4. The van der Waals surface area contributed by atoms with Crippen molar-refractivity contribution >= 4 is 51.1 Å². The number of nitrogens with one attached hydrogen (secondary N) is 3. The van der Waals surface area contributed by atoms with Gasteiger partial charge in [0.05, 0.1) is 17.1 Å². The number of rotatable bonds is 18. The van der Waals surface area contributed by atoms with E-state index in [2.05, 4.69) is 33.6 Å². The summed E-state index contributed by atoms with van der Waals surface area (Å²) in [4.78, 5) is 39.7. The molecule has 0 bridgehead atoms. The van der Waals surface area contributed by atoms with E-state index in [1.165, 1.54) is 32.1 Å². The van der Waals surface area contributed by atoms with Crippen LogP contribution in [0.1, 0.15) is 86.5 Å². The summed E-state index contributed by atoms with van der Waals surface area (Å²) in [6, 6.07) is 18.9. The molecule has 0 aliphatic heterocycles. The number of nitrogens with two attached hydrogens (primary N) is 1. The number of carbonyl (C=O) groups excluding carboxylic acids is 2. The maximum absolute atomic E-state index is 13.7. The predicted octanol–water partition coefficient (Wildman–Crippen LogP) is 6.80. The fourth-order valence-corrected chi connectivity index (χ4v) is 5.51. The van der Waals surface area contributed by atoms with Crippen LogP contribution in [-0.4, -0.2) is 46.1 Å². The minimum atomic E-state index is -0.759. The van der Waals surface area contributed by atoms with Gasteiger partial charge in [-0.05, 0) is 43.4 Å². The number of aryl methyl sites for hydroxylation is 1. The number of aliphatic imine (C=N–C) groups is 1. The maximum Gasteiger partial charge on any atom is 0.270 e. The second-order valence-corrected chi connectivity index (χ2v) is 11.6. The van der Waals surface area contributed by atoms with Crippen LogP contribution in [-0.2, 0) is 17.8 Å². The molecule has 0 spiro atoms. The lowest BCUT2D eigenvalue weighted by molar-refractivity contribution is -0.123. The number of pyridine rings is 1. The number of unbranched alkanes of at least 4 members (excludes halogenated alkanes) is 6. The first kappa shape index (κ1) is 33.0. The molecule has 234 valence electrons. The van der Waals surface area contributed by atoms with Crippen molar-refractivity contribution in [3.63, 3.8) is 0 Å². The summed E-state index contributed by atoms with van der Waals surface area (Å²) in [5, 5.41) is 7.95. The van der Waals surface area contributed by atoms with Gasteiger partial charge in [-0.1, -0.05) is 94.0 Å². The molecular weight excluding hydrogens is 572 g/mol. The molecule has 5 N–H and O–H groups in total. The number of alkyl halides is 1. The predicted molar refractivity (Wildman–Crippen MR) is 181 cm³/mol. The number of fused-ring (bicyclic) bond motifs is 3. The third kappa shape index (κ3) is 9.55. The monoisotopic (exact) mass is 616 g/mol. The van der Waals surface area contributed by atoms with Gasteiger partial charge in [0.15, 0.2) is 0 Å². The number of amides is 2. The number of hydrogen-bond donors (Lipinski definition) is 4. The van der Waals surface area contributed by atoms with Gasteiger partial charge in [0, 0.05) is 29.4 Å². The van der Waals surface area contributed by atoms with Gasteiger partial charge in [0.1, 0.15) is 17.6 Å². The van der Waals surface area contributed by atoms with Crippen LogP contribution in [0, 0.1) is 0 Å². The standard InChI is InChI=1S/C35H45ClN6O2/c1-2-3-4-5-6-7-11-19-29-33-27(26-17-12-13-18-28(26)41-33)22-31(40-29)35(44)42-30(20-14-21-38-32(37)23-36)34(43)39-24-25-15-9-8-10-16-25/h8-10,12-13,15-18,22,30,41H,2-7,11,14,19-21,23-24H2,1H3,(H2,37,38)(H,39,43)(H,42,44)/t30-/m0/s1. The van der Waals surface area contributed by atoms with Crippen molar-refractivity contribution in [2.75, 3.05) is 12.4 Å². The molecule has 44 heavy (non-hydrogen) atoms. The van der Waals surface area contributed by atoms with Crippen LogP contribution >= 0.6 is 11.6 Å². The molecule has 0 saturated heterocycles. The maximum atomic E-state index is 13.7. The van der Waals surface area contributed by atoms with Crippen LogP contribution in [0.5, 0.6) is 0 Å². The zero-order chi connectivity index (χ0) is 31.1. The highest BCUT2D eigenvalue weighted by Gasteiger charge is 2.23. The van der Waals surface area contributed by atoms with E-state index in [0.29, 0.717) is 37.5 Å². The number of amidine groups is 1. The van der Waals surface area contributed by atoms with Gasteiger partial charge in [0.2, 0.25) is 5.91 Å². The summed E-state index contributed by atoms with van der Waals surface area (Å²) in [7, 11) is 0. The summed E-state index contributed by atoms with van der Waals surface area (Å²) in [6.45, 7) is 3.01. The third-order valence-corrected chi connectivity index (χ3v) is 8.13. The number of aromatic amines is 1. The largest absolute Gasteiger partial charge is 0.386 e. The molecule has 2 amide bonds. The third-order valence-electron chi connectivity index (χ3n) is 7.86. The van der Waals surface area contributed by atoms with E-state index >= 15 is 0 Å². The van der Waals surface area contributed by atoms with Gasteiger partial charge in [-0.3, -0.25) is 14.6 Å². The molecule has 2 aromatic heterocycles. The molecule has 2 aromatic carbocycles. The Morgan fingerprint density at radius 3 is 2.45 bits per heavy atom. The molecule has 8 nitrogen and oxygen atoms in total. The molecule has 0 saturated carbocycles. The minimum absolute atomic E-state index is 0.154. The molecule has 0 fully saturated rings. The molecule has 0 radical (unpaired) electrons. The summed E-state index contributed by atoms with van der Waals surface area (Å²) < 4.78 is 0. The quantitative estimate of drug-likeness (QED) is 0.0424. The first-order valence-electron chi connectivity index (χ1n) is 15.9. The van der Waals surface area contributed by atoms with Gasteiger partial charge < -0.3 is 21.4 Å². The van der Waals surface area contributed by atoms with Crippen LogP contribution in [0.3, 0.4) is 0 Å². The Kier molecular flexibility index (Phi) is 13.0. The van der Waals surface area contributed by atoms with E-state index in [1.54, 1.807) is 0 Å². The average molecular weight is 617 g/mol. The summed E-state index contributed by atoms with van der Waals surface area (Å²) in [6.07, 6.45) is 10.1. The van der Waals surface area contributed by atoms with Crippen LogP contribution in [0.2, 0.25) is 0 Å². The number of aromatic nitrogens is 2. The van der Waals surface area contributed by atoms with Gasteiger partial charge in [-0.2, -0.15) is 0 Å². The lowest BCUT2D eigenvalue weighted by Gasteiger charge is -2.18. The van der Waals surface area contributed by atoms with Gasteiger partial charge in [-0.25, -0.2) is 4.98 Å². The Bertz CT molecular complexity index is 1530. The Labute approximate surface area is 265 Å². The summed E-state index contributed by atoms with van der Waals surface area (Å²) in [5.41, 5.74) is 9.89. The molecular formula is C35H45ClN6O2. The molecule has 2 heterocycles. The highest BCUT2D eigenvalue weighted by molar-refractivity contribution is 6.27. The molecule has 4 rings (SSSR count). The number of para-hydroxylation sites is 1. The highest BCUT2D eigenvalue weighted by atomic mass is 35.5. The lowest BCUT2D eigenvalue weighted by atomic mass is 10.0. The van der Waals surface area contributed by atoms with Crippen molar-refractivity contribution in [2.45, 2.75) is 83.7 Å². The molecule has 0 aliphatic carbocycles. The minimum Gasteiger partial charge on any atom is -0.386 e. The Balaban J connectivity index is 1.52. The number of benzene rings is 2. The smallest absolute Gasteiger partial charge is 0.270 e. The zero-order valence-electron chi connectivity index (χ0n) is 25.7. The van der Waals surface area contributed by atoms with E-state index in [0.717, 1.165) is 52.3 Å². The van der Waals surface area contributed by atoms with Gasteiger partial charge in [0.25, 0.3) is 5.91 Å². The number of carbonyl (C=O) groups is 2. The average Bonchev–Trinajstić information content (AvgIpc) is 3.43. The number of hydrogen-bond acceptors (Lipinski definition) is 4. The molecule has 1 atom stereocenters. The van der Waals surface area contributed by atoms with Gasteiger partial charge >= 0.3 is 0 Å². The van der Waals surface area contributed by atoms with Crippen molar-refractivity contribution < 1.29 is 9.59 Å². The normalized spacial score (nSPS) is 12.5. The fourth-order valence-electron chi connectivity index (χ4n) is 5.43. The van der Waals surface area contributed by atoms with Crippen LogP contribution in [0.25, 0.3) is 21.8 Å². The van der Waals surface area contributed by atoms with Crippen molar-refractivity contribution in [3.8, 4) is 0 Å². The fraction of sp³-hybridized carbons (Fsp3) is 0.429. The first-order chi connectivity index (χ1) is 21.5. The van der Waals surface area contributed by atoms with Crippen LogP contribution < -0.4 is 16.4 Å². The Morgan fingerprint density at radius 1 is 0.955 bits per heavy atom. The van der Waals surface area contributed by atoms with Crippen molar-refractivity contribution in [1.82, 2.24) is 20.6 Å². The van der Waals surface area contributed by atoms with E-state index in [9.17, 15) is 9.59 Å². The molecule has 4 aromatic rings. The zero-order valence-corrected chi connectivity index (χ0v) is 26.5. The Hall–Kier alpha value is -3.91. The molecule has 0 unspecified atom stereocenters. The van der Waals surface area contributed by atoms with Crippen LogP contribution in [0.15, 0.2) is 65.7 Å². The first-order valence-corrected chi connectivity index (χ1v) is 16.4. The summed E-state index contributed by atoms with van der Waals surface area (Å²) >= 11 is 5.74. The van der Waals surface area contributed by atoms with E-state index in [4.69, 9.17) is 22.3 Å². The summed E-state index contributed by atoms with van der Waals surface area (Å²) in [5.74, 6) is -0.124. The highest BCUT2D eigenvalue weighted by Crippen LogP contribution is 2.28. The van der Waals surface area contributed by atoms with Crippen molar-refractivity contribution in [2.24, 2.45) is 10.7 Å². The lowest BCUT2D eigenvalue weighted by Crippen LogP contribution is -2.46. The molecule has 9 heteroatoms. The SMILES string of the molecule is CCCCCCCCCc1nc(C(=O)N[C@@H](CCCN=C(N)CCl)C(=O)NCc2ccccc2)cc2c1[nH]c1ccccc12. The van der Waals surface area contributed by atoms with E-state index < -0.39 is 6.04 Å². The van der Waals surface area contributed by atoms with Crippen LogP contribution in [0.4, 0.5) is 0 Å². The molecule has 0 aliphatic rings. The number of halogens is 1. The Morgan fingerprint density at radius 2 is 1.68 bits per heavy atom. The van der Waals surface area contributed by atoms with Crippen molar-refractivity contribution in [1.29, 1.82) is 0 Å². The van der Waals surface area contributed by atoms with Crippen molar-refractivity contribution in [3.05, 3.63) is 77.6 Å². The van der Waals surface area contributed by atoms with E-state index in [-0.39, 0.29) is 17.7 Å². The second-order valence-electron chi connectivity index (χ2n) is 11.3. The number of H-pyrrole nitrogens is 1. The van der Waals surface area contributed by atoms with E-state index in [1.807, 2.05) is 54.6 Å². The topological polar surface area (TPSA) is 125 Å². The van der Waals surface area contributed by atoms with Gasteiger partial charge in [-0.15, -0.1) is 11.6 Å².